The lowest BCUT2D eigenvalue weighted by molar-refractivity contribution is -0.127. The fraction of sp³-hybridized carbons (Fsp3) is 0.400. The minimum Gasteiger partial charge on any atom is -0.382 e. The maximum Gasteiger partial charge on any atom is 0.394 e. The number of anilines is 4. The summed E-state index contributed by atoms with van der Waals surface area (Å²) in [6, 6.07) is 3.09. The fourth-order valence-corrected chi connectivity index (χ4v) is 2.77. The van der Waals surface area contributed by atoms with E-state index in [4.69, 9.17) is 11.5 Å². The van der Waals surface area contributed by atoms with Crippen LogP contribution in [0.3, 0.4) is 0 Å². The van der Waals surface area contributed by atoms with E-state index in [2.05, 4.69) is 24.8 Å². The Balaban J connectivity index is 1.62. The molecule has 0 unspecified atom stereocenters. The molecule has 10 heteroatoms. The van der Waals surface area contributed by atoms with Crippen LogP contribution in [-0.2, 0) is 6.42 Å². The average Bonchev–Trinajstić information content (AvgIpc) is 2.54. The third-order valence-electron chi connectivity index (χ3n) is 3.99. The number of pyridine rings is 1. The molecule has 1 saturated heterocycles. The highest BCUT2D eigenvalue weighted by Crippen LogP contribution is 2.25. The van der Waals surface area contributed by atoms with Crippen molar-refractivity contribution in [2.24, 2.45) is 0 Å². The molecule has 2 aromatic rings. The van der Waals surface area contributed by atoms with Gasteiger partial charge in [0.15, 0.2) is 5.82 Å². The van der Waals surface area contributed by atoms with Crippen molar-refractivity contribution in [2.75, 3.05) is 47.4 Å². The van der Waals surface area contributed by atoms with E-state index in [0.717, 1.165) is 11.4 Å². The van der Waals surface area contributed by atoms with Crippen molar-refractivity contribution >= 4 is 23.1 Å². The van der Waals surface area contributed by atoms with E-state index in [1.165, 1.54) is 12.3 Å². The van der Waals surface area contributed by atoms with Crippen LogP contribution in [-0.4, -0.2) is 47.3 Å². The van der Waals surface area contributed by atoms with Gasteiger partial charge in [0.05, 0.1) is 30.2 Å². The maximum absolute atomic E-state index is 12.4. The van der Waals surface area contributed by atoms with E-state index in [9.17, 15) is 13.2 Å². The van der Waals surface area contributed by atoms with Crippen LogP contribution in [0.25, 0.3) is 0 Å². The molecule has 0 bridgehead atoms. The maximum atomic E-state index is 12.4. The normalized spacial score (nSPS) is 15.5. The van der Waals surface area contributed by atoms with Crippen LogP contribution in [0.2, 0.25) is 0 Å². The highest BCUT2D eigenvalue weighted by Gasteiger charge is 2.28. The predicted octanol–water partition coefficient (Wildman–Crippen LogP) is 1.47. The van der Waals surface area contributed by atoms with Crippen LogP contribution in [0.1, 0.15) is 5.69 Å². The van der Waals surface area contributed by atoms with Crippen molar-refractivity contribution in [2.45, 2.75) is 12.6 Å². The second-order valence-corrected chi connectivity index (χ2v) is 5.77. The second kappa shape index (κ2) is 6.61. The minimum atomic E-state index is -4.25. The summed E-state index contributed by atoms with van der Waals surface area (Å²) in [4.78, 5) is 15.9. The molecule has 1 aliphatic heterocycles. The molecule has 0 spiro atoms. The van der Waals surface area contributed by atoms with Gasteiger partial charge in [0.25, 0.3) is 0 Å². The van der Waals surface area contributed by atoms with Gasteiger partial charge in [-0.15, -0.1) is 0 Å². The molecule has 3 heterocycles. The van der Waals surface area contributed by atoms with Crippen LogP contribution in [0.4, 0.5) is 36.3 Å². The Morgan fingerprint density at radius 2 is 1.64 bits per heavy atom. The van der Waals surface area contributed by atoms with E-state index in [1.54, 1.807) is 12.3 Å². The van der Waals surface area contributed by atoms with Crippen LogP contribution >= 0.6 is 0 Å². The van der Waals surface area contributed by atoms with E-state index in [1.807, 2.05) is 0 Å². The molecule has 7 nitrogen and oxygen atoms in total. The average molecular weight is 353 g/mol. The predicted molar refractivity (Wildman–Crippen MR) is 89.3 cm³/mol. The molecule has 0 saturated carbocycles. The first-order chi connectivity index (χ1) is 11.8. The fourth-order valence-electron chi connectivity index (χ4n) is 2.77. The molecule has 0 radical (unpaired) electrons. The summed E-state index contributed by atoms with van der Waals surface area (Å²) < 4.78 is 37.1. The number of nitrogens with zero attached hydrogens (tertiary/aromatic N) is 5. The third kappa shape index (κ3) is 4.20. The van der Waals surface area contributed by atoms with Gasteiger partial charge in [-0.05, 0) is 12.1 Å². The lowest BCUT2D eigenvalue weighted by Gasteiger charge is -2.37. The summed E-state index contributed by atoms with van der Waals surface area (Å²) in [6.45, 7) is 2.73. The van der Waals surface area contributed by atoms with Crippen LogP contribution in [0.15, 0.2) is 24.5 Å². The van der Waals surface area contributed by atoms with Gasteiger partial charge in [-0.2, -0.15) is 18.2 Å². The highest BCUT2D eigenvalue weighted by molar-refractivity contribution is 5.64. The number of hydrogen-bond acceptors (Lipinski definition) is 7. The molecule has 0 amide bonds. The Bertz CT molecular complexity index is 725. The molecule has 25 heavy (non-hydrogen) atoms. The first-order valence-electron chi connectivity index (χ1n) is 7.71. The number of hydrogen-bond donors (Lipinski definition) is 2. The van der Waals surface area contributed by atoms with Crippen LogP contribution in [0.5, 0.6) is 0 Å². The third-order valence-corrected chi connectivity index (χ3v) is 3.99. The number of aromatic nitrogens is 3. The van der Waals surface area contributed by atoms with Gasteiger partial charge in [-0.25, -0.2) is 4.98 Å². The summed E-state index contributed by atoms with van der Waals surface area (Å²) in [7, 11) is 0. The molecule has 134 valence electrons. The number of nitrogen functional groups attached to an aromatic ring is 2. The van der Waals surface area contributed by atoms with Gasteiger partial charge in [-0.1, -0.05) is 0 Å². The molecular weight excluding hydrogens is 335 g/mol. The van der Waals surface area contributed by atoms with Crippen LogP contribution in [0, 0.1) is 0 Å². The van der Waals surface area contributed by atoms with Crippen LogP contribution < -0.4 is 21.3 Å². The zero-order chi connectivity index (χ0) is 18.0. The zero-order valence-corrected chi connectivity index (χ0v) is 13.4. The Hall–Kier alpha value is -2.78. The Kier molecular flexibility index (Phi) is 4.51. The van der Waals surface area contributed by atoms with E-state index in [0.29, 0.717) is 32.0 Å². The molecular formula is C15H18F3N7. The van der Waals surface area contributed by atoms with E-state index in [-0.39, 0.29) is 11.6 Å². The minimum absolute atomic E-state index is 0.0154. The second-order valence-electron chi connectivity index (χ2n) is 5.77. The van der Waals surface area contributed by atoms with Gasteiger partial charge in [0, 0.05) is 31.9 Å². The summed E-state index contributed by atoms with van der Waals surface area (Å²) >= 11 is 0. The smallest absolute Gasteiger partial charge is 0.382 e. The monoisotopic (exact) mass is 353 g/mol. The number of rotatable bonds is 3. The van der Waals surface area contributed by atoms with Gasteiger partial charge in [-0.3, -0.25) is 4.98 Å². The molecule has 0 atom stereocenters. The van der Waals surface area contributed by atoms with Crippen molar-refractivity contribution in [3.63, 3.8) is 0 Å². The van der Waals surface area contributed by atoms with Gasteiger partial charge < -0.3 is 21.3 Å². The van der Waals surface area contributed by atoms with Crippen molar-refractivity contribution in [3.05, 3.63) is 30.2 Å². The summed E-state index contributed by atoms with van der Waals surface area (Å²) in [6.07, 6.45) is -2.18. The number of alkyl halides is 3. The highest BCUT2D eigenvalue weighted by atomic mass is 19.4. The molecule has 1 fully saturated rings. The lowest BCUT2D eigenvalue weighted by atomic mass is 10.2. The van der Waals surface area contributed by atoms with E-state index < -0.39 is 12.6 Å². The largest absolute Gasteiger partial charge is 0.394 e. The first kappa shape index (κ1) is 17.1. The molecule has 3 rings (SSSR count). The molecule has 1 aliphatic rings. The van der Waals surface area contributed by atoms with Crippen molar-refractivity contribution in [1.29, 1.82) is 0 Å². The Labute approximate surface area is 142 Å². The summed E-state index contributed by atoms with van der Waals surface area (Å²) in [5.41, 5.74) is 12.9. The first-order valence-corrected chi connectivity index (χ1v) is 7.71. The summed E-state index contributed by atoms with van der Waals surface area (Å²) in [5, 5.41) is 0. The molecule has 2 aromatic heterocycles. The van der Waals surface area contributed by atoms with Crippen molar-refractivity contribution in [1.82, 2.24) is 15.0 Å². The number of nitrogens with two attached hydrogens (primary N) is 2. The molecule has 0 aromatic carbocycles. The Morgan fingerprint density at radius 1 is 0.960 bits per heavy atom. The number of piperazine rings is 1. The number of halogens is 3. The van der Waals surface area contributed by atoms with Gasteiger partial charge in [0.1, 0.15) is 0 Å². The molecule has 0 aliphatic carbocycles. The lowest BCUT2D eigenvalue weighted by Crippen LogP contribution is -2.46. The van der Waals surface area contributed by atoms with Gasteiger partial charge in [0.2, 0.25) is 5.95 Å². The van der Waals surface area contributed by atoms with E-state index >= 15 is 0 Å². The standard InChI is InChI=1S/C15H18F3N7/c16-15(17,18)7-10-1-2-11(8-21-10)24-3-5-25(6-4-24)12-9-22-14(20)23-13(12)19/h1-2,8-9H,3-7H2,(H4,19,20,22,23). The van der Waals surface area contributed by atoms with Gasteiger partial charge >= 0.3 is 6.18 Å². The topological polar surface area (TPSA) is 97.2 Å². The zero-order valence-electron chi connectivity index (χ0n) is 13.4. The van der Waals surface area contributed by atoms with Crippen molar-refractivity contribution in [3.8, 4) is 0 Å². The molecule has 4 N–H and O–H groups in total. The Morgan fingerprint density at radius 3 is 2.20 bits per heavy atom. The van der Waals surface area contributed by atoms with Crippen molar-refractivity contribution < 1.29 is 13.2 Å². The SMILES string of the molecule is Nc1ncc(N2CCN(c3ccc(CC(F)(F)F)nc3)CC2)c(N)n1. The summed E-state index contributed by atoms with van der Waals surface area (Å²) in [5.74, 6) is 0.462. The quantitative estimate of drug-likeness (QED) is 0.862.